The summed E-state index contributed by atoms with van der Waals surface area (Å²) in [5.74, 6) is 0.736. The van der Waals surface area contributed by atoms with Crippen LogP contribution in [0.5, 0.6) is 0 Å². The van der Waals surface area contributed by atoms with Crippen molar-refractivity contribution in [2.24, 2.45) is 0 Å². The minimum absolute atomic E-state index is 0.0309. The Labute approximate surface area is 185 Å². The van der Waals surface area contributed by atoms with Crippen LogP contribution in [0.15, 0.2) is 49.2 Å². The molecule has 3 N–H and O–H groups in total. The van der Waals surface area contributed by atoms with Gasteiger partial charge in [-0.3, -0.25) is 0 Å². The predicted molar refractivity (Wildman–Crippen MR) is 125 cm³/mol. The van der Waals surface area contributed by atoms with Gasteiger partial charge in [-0.2, -0.15) is 0 Å². The molecule has 2 amide bonds. The first-order chi connectivity index (χ1) is 15.4. The van der Waals surface area contributed by atoms with Crippen molar-refractivity contribution in [2.75, 3.05) is 18.4 Å². The minimum atomic E-state index is -0.247. The number of fused-ring (bicyclic) bond motifs is 2. The summed E-state index contributed by atoms with van der Waals surface area (Å²) in [4.78, 5) is 30.8. The molecule has 5 heterocycles. The summed E-state index contributed by atoms with van der Waals surface area (Å²) in [5.41, 5.74) is 4.51. The predicted octanol–water partition coefficient (Wildman–Crippen LogP) is 3.95. The van der Waals surface area contributed by atoms with Crippen LogP contribution in [0.25, 0.3) is 22.3 Å². The molecular formula is C23H26N8O. The number of aromatic nitrogens is 5. The second kappa shape index (κ2) is 7.67. The largest absolute Gasteiger partial charge is 0.339 e. The van der Waals surface area contributed by atoms with Gasteiger partial charge in [-0.05, 0) is 51.0 Å². The van der Waals surface area contributed by atoms with Crippen molar-refractivity contribution in [3.8, 4) is 0 Å². The van der Waals surface area contributed by atoms with E-state index in [1.165, 1.54) is 5.57 Å². The fraction of sp³-hybridized carbons (Fsp3) is 0.304. The lowest BCUT2D eigenvalue weighted by atomic mass is 10.0. The van der Waals surface area contributed by atoms with Crippen LogP contribution in [0.2, 0.25) is 0 Å². The van der Waals surface area contributed by atoms with Crippen LogP contribution >= 0.6 is 0 Å². The third kappa shape index (κ3) is 4.01. The molecule has 0 radical (unpaired) electrons. The molecule has 0 aliphatic carbocycles. The summed E-state index contributed by atoms with van der Waals surface area (Å²) in [6.07, 6.45) is 10.1. The monoisotopic (exact) mass is 430 g/mol. The van der Waals surface area contributed by atoms with Crippen LogP contribution in [0.1, 0.15) is 32.9 Å². The number of hydrogen-bond acceptors (Lipinski definition) is 5. The maximum Gasteiger partial charge on any atom is 0.318 e. The zero-order valence-corrected chi connectivity index (χ0v) is 18.4. The van der Waals surface area contributed by atoms with Crippen LogP contribution in [-0.2, 0) is 0 Å². The van der Waals surface area contributed by atoms with Crippen molar-refractivity contribution in [3.63, 3.8) is 0 Å². The molecule has 1 aliphatic heterocycles. The molecular weight excluding hydrogens is 404 g/mol. The SMILES string of the molecule is CC(C)(C)NC(=O)N1CC=C(c2cc3c(Nc4ccc5nccn5c4)ncnc3[nH]2)CC1. The van der Waals surface area contributed by atoms with Crippen LogP contribution in [0.4, 0.5) is 16.3 Å². The van der Waals surface area contributed by atoms with Crippen molar-refractivity contribution in [1.82, 2.24) is 34.6 Å². The van der Waals surface area contributed by atoms with E-state index in [9.17, 15) is 4.79 Å². The second-order valence-corrected chi connectivity index (χ2v) is 9.01. The maximum absolute atomic E-state index is 12.4. The Morgan fingerprint density at radius 3 is 2.84 bits per heavy atom. The fourth-order valence-corrected chi connectivity index (χ4v) is 3.84. The zero-order valence-electron chi connectivity index (χ0n) is 18.4. The highest BCUT2D eigenvalue weighted by Crippen LogP contribution is 2.29. The number of imidazole rings is 1. The fourth-order valence-electron chi connectivity index (χ4n) is 3.84. The lowest BCUT2D eigenvalue weighted by molar-refractivity contribution is 0.193. The third-order valence-electron chi connectivity index (χ3n) is 5.40. The topological polar surface area (TPSA) is 103 Å². The van der Waals surface area contributed by atoms with Crippen LogP contribution in [0, 0.1) is 0 Å². The van der Waals surface area contributed by atoms with Crippen LogP contribution in [0.3, 0.4) is 0 Å². The average molecular weight is 431 g/mol. The second-order valence-electron chi connectivity index (χ2n) is 9.01. The Bertz CT molecular complexity index is 1330. The van der Waals surface area contributed by atoms with Crippen molar-refractivity contribution >= 4 is 39.8 Å². The zero-order chi connectivity index (χ0) is 22.3. The smallest absolute Gasteiger partial charge is 0.318 e. The number of anilines is 2. The summed E-state index contributed by atoms with van der Waals surface area (Å²) in [7, 11) is 0. The normalized spacial score (nSPS) is 14.6. The lowest BCUT2D eigenvalue weighted by Gasteiger charge is -2.30. The van der Waals surface area contributed by atoms with Crippen LogP contribution < -0.4 is 10.6 Å². The summed E-state index contributed by atoms with van der Waals surface area (Å²) in [6, 6.07) is 5.98. The molecule has 9 nitrogen and oxygen atoms in total. The van der Waals surface area contributed by atoms with Gasteiger partial charge < -0.3 is 24.9 Å². The Morgan fingerprint density at radius 1 is 1.19 bits per heavy atom. The summed E-state index contributed by atoms with van der Waals surface area (Å²) in [5, 5.41) is 7.33. The number of urea groups is 1. The van der Waals surface area contributed by atoms with Gasteiger partial charge in [-0.1, -0.05) is 6.08 Å². The Hall–Kier alpha value is -3.88. The van der Waals surface area contributed by atoms with E-state index in [0.717, 1.165) is 40.3 Å². The Morgan fingerprint density at radius 2 is 2.06 bits per heavy atom. The first-order valence-electron chi connectivity index (χ1n) is 10.7. The van der Waals surface area contributed by atoms with E-state index in [2.05, 4.69) is 42.7 Å². The van der Waals surface area contributed by atoms with Gasteiger partial charge in [0.1, 0.15) is 23.4 Å². The van der Waals surface area contributed by atoms with Gasteiger partial charge in [0.25, 0.3) is 0 Å². The number of pyridine rings is 1. The van der Waals surface area contributed by atoms with Gasteiger partial charge >= 0.3 is 6.03 Å². The number of carbonyl (C=O) groups is 1. The molecule has 32 heavy (non-hydrogen) atoms. The standard InChI is InChI=1S/C23H26N8O/c1-23(2,3)29-22(32)30-9-6-15(7-10-30)18-12-17-20(25-14-26-21(17)28-18)27-16-4-5-19-24-8-11-31(19)13-16/h4-6,8,11-14H,7,9-10H2,1-3H3,(H,29,32)(H2,25,26,27,28). The van der Waals surface area contributed by atoms with E-state index < -0.39 is 0 Å². The molecule has 0 bridgehead atoms. The lowest BCUT2D eigenvalue weighted by Crippen LogP contribution is -2.49. The van der Waals surface area contributed by atoms with Crippen molar-refractivity contribution < 1.29 is 4.79 Å². The number of aromatic amines is 1. The Balaban J connectivity index is 1.37. The number of amides is 2. The van der Waals surface area contributed by atoms with E-state index in [1.807, 2.05) is 54.6 Å². The third-order valence-corrected chi connectivity index (χ3v) is 5.40. The molecule has 0 saturated carbocycles. The van der Waals surface area contributed by atoms with E-state index in [0.29, 0.717) is 13.1 Å². The van der Waals surface area contributed by atoms with E-state index in [1.54, 1.807) is 12.5 Å². The minimum Gasteiger partial charge on any atom is -0.339 e. The number of carbonyl (C=O) groups excluding carboxylic acids is 1. The van der Waals surface area contributed by atoms with Crippen molar-refractivity contribution in [2.45, 2.75) is 32.7 Å². The van der Waals surface area contributed by atoms with E-state index in [4.69, 9.17) is 0 Å². The summed E-state index contributed by atoms with van der Waals surface area (Å²) in [6.45, 7) is 7.21. The van der Waals surface area contributed by atoms with E-state index in [-0.39, 0.29) is 11.6 Å². The average Bonchev–Trinajstić information content (AvgIpc) is 3.40. The number of nitrogens with zero attached hydrogens (tertiary/aromatic N) is 5. The highest BCUT2D eigenvalue weighted by Gasteiger charge is 2.22. The first-order valence-corrected chi connectivity index (χ1v) is 10.7. The molecule has 9 heteroatoms. The number of nitrogens with one attached hydrogen (secondary N) is 3. The molecule has 0 spiro atoms. The molecule has 1 aliphatic rings. The molecule has 0 saturated heterocycles. The van der Waals surface area contributed by atoms with Gasteiger partial charge in [0, 0.05) is 42.9 Å². The van der Waals surface area contributed by atoms with Crippen molar-refractivity contribution in [1.29, 1.82) is 0 Å². The Kier molecular flexibility index (Phi) is 4.80. The molecule has 0 fully saturated rings. The maximum atomic E-state index is 12.4. The molecule has 0 atom stereocenters. The molecule has 0 aromatic carbocycles. The highest BCUT2D eigenvalue weighted by atomic mass is 16.2. The van der Waals surface area contributed by atoms with E-state index >= 15 is 0 Å². The van der Waals surface area contributed by atoms with Crippen molar-refractivity contribution in [3.05, 3.63) is 54.9 Å². The van der Waals surface area contributed by atoms with Gasteiger partial charge in [0.05, 0.1) is 11.1 Å². The van der Waals surface area contributed by atoms with Crippen LogP contribution in [-0.4, -0.2) is 53.9 Å². The number of hydrogen-bond donors (Lipinski definition) is 3. The molecule has 4 aromatic heterocycles. The summed E-state index contributed by atoms with van der Waals surface area (Å²) < 4.78 is 1.96. The van der Waals surface area contributed by atoms with Gasteiger partial charge in [0.2, 0.25) is 0 Å². The van der Waals surface area contributed by atoms with Gasteiger partial charge in [-0.25, -0.2) is 19.7 Å². The first kappa shape index (κ1) is 20.0. The quantitative estimate of drug-likeness (QED) is 0.457. The summed E-state index contributed by atoms with van der Waals surface area (Å²) >= 11 is 0. The van der Waals surface area contributed by atoms with Gasteiger partial charge in [0.15, 0.2) is 0 Å². The molecule has 5 rings (SSSR count). The number of H-pyrrole nitrogens is 1. The molecule has 164 valence electrons. The van der Waals surface area contributed by atoms with Gasteiger partial charge in [-0.15, -0.1) is 0 Å². The number of rotatable bonds is 3. The molecule has 4 aromatic rings. The molecule has 0 unspecified atom stereocenters. The highest BCUT2D eigenvalue weighted by molar-refractivity contribution is 5.92.